The summed E-state index contributed by atoms with van der Waals surface area (Å²) in [5.74, 6) is 0. The summed E-state index contributed by atoms with van der Waals surface area (Å²) < 4.78 is 1.02. The van der Waals surface area contributed by atoms with E-state index in [0.29, 0.717) is 5.56 Å². The van der Waals surface area contributed by atoms with E-state index in [-0.39, 0.29) is 14.7 Å². The average molecular weight is 474 g/mol. The zero-order valence-corrected chi connectivity index (χ0v) is 15.7. The van der Waals surface area contributed by atoms with Gasteiger partial charge in [-0.1, -0.05) is 34.7 Å². The molecule has 0 radical (unpaired) electrons. The van der Waals surface area contributed by atoms with Gasteiger partial charge in [-0.25, -0.2) is 0 Å². The molecule has 3 rings (SSSR count). The van der Waals surface area contributed by atoms with Crippen LogP contribution in [-0.2, 0) is 0 Å². The number of benzene rings is 1. The maximum atomic E-state index is 11.2. The van der Waals surface area contributed by atoms with Crippen LogP contribution in [0.5, 0.6) is 0 Å². The van der Waals surface area contributed by atoms with Gasteiger partial charge in [0.15, 0.2) is 0 Å². The first-order valence-corrected chi connectivity index (χ1v) is 8.66. The number of nitro groups is 1. The number of nitrogens with one attached hydrogen (secondary N) is 1. The van der Waals surface area contributed by atoms with E-state index in [4.69, 9.17) is 0 Å². The van der Waals surface area contributed by atoms with Crippen LogP contribution in [0.15, 0.2) is 46.4 Å². The monoisotopic (exact) mass is 473 g/mol. The number of rotatable bonds is 2. The summed E-state index contributed by atoms with van der Waals surface area (Å²) >= 11 is 5.84. The second-order valence-electron chi connectivity index (χ2n) is 5.16. The molecule has 0 saturated heterocycles. The molecule has 1 aromatic carbocycles. The molecule has 0 fully saturated rings. The van der Waals surface area contributed by atoms with E-state index < -0.39 is 0 Å². The van der Waals surface area contributed by atoms with Crippen molar-refractivity contribution in [2.75, 3.05) is 7.05 Å². The summed E-state index contributed by atoms with van der Waals surface area (Å²) in [6.45, 7) is 1.76. The quantitative estimate of drug-likeness (QED) is 0.231. The second-order valence-corrected chi connectivity index (χ2v) is 7.21. The Kier molecular flexibility index (Phi) is 4.02. The van der Waals surface area contributed by atoms with Crippen LogP contribution in [0, 0.1) is 17.0 Å². The molecule has 2 aliphatic heterocycles. The summed E-state index contributed by atoms with van der Waals surface area (Å²) in [5.41, 5.74) is 4.83. The molecule has 0 spiro atoms. The van der Waals surface area contributed by atoms with Gasteiger partial charge in [0.2, 0.25) is 0 Å². The highest BCUT2D eigenvalue weighted by Crippen LogP contribution is 2.41. The standard InChI is InChI=1S/C15H13BrIN3O2/c1-8-3-4-9(7-11(8)20(21)22)13-14-10(18-15(13)17)5-6-12(16)19(14)2/h3-7,15,18H,1-2H3. The normalized spacial score (nSPS) is 20.4. The molecule has 7 heteroatoms. The summed E-state index contributed by atoms with van der Waals surface area (Å²) in [6.07, 6.45) is 4.00. The fourth-order valence-electron chi connectivity index (χ4n) is 2.66. The van der Waals surface area contributed by atoms with Crippen molar-refractivity contribution in [3.8, 4) is 0 Å². The smallest absolute Gasteiger partial charge is 0.272 e. The van der Waals surface area contributed by atoms with Crippen molar-refractivity contribution in [1.29, 1.82) is 0 Å². The highest BCUT2D eigenvalue weighted by atomic mass is 127. The van der Waals surface area contributed by atoms with Crippen molar-refractivity contribution < 1.29 is 4.92 Å². The van der Waals surface area contributed by atoms with E-state index >= 15 is 0 Å². The molecule has 2 heterocycles. The van der Waals surface area contributed by atoms with E-state index in [1.54, 1.807) is 19.1 Å². The molecule has 0 saturated carbocycles. The third-order valence-corrected chi connectivity index (χ3v) is 5.54. The summed E-state index contributed by atoms with van der Waals surface area (Å²) in [4.78, 5) is 12.9. The van der Waals surface area contributed by atoms with Gasteiger partial charge < -0.3 is 10.2 Å². The Balaban J connectivity index is 2.19. The molecule has 1 unspecified atom stereocenters. The number of halogens is 2. The summed E-state index contributed by atoms with van der Waals surface area (Å²) in [6, 6.07) is 5.41. The minimum absolute atomic E-state index is 0.0652. The van der Waals surface area contributed by atoms with Crippen LogP contribution in [-0.4, -0.2) is 20.9 Å². The van der Waals surface area contributed by atoms with Crippen LogP contribution < -0.4 is 5.32 Å². The molecule has 5 nitrogen and oxygen atoms in total. The van der Waals surface area contributed by atoms with Crippen LogP contribution in [0.4, 0.5) is 5.69 Å². The van der Waals surface area contributed by atoms with E-state index in [9.17, 15) is 10.1 Å². The van der Waals surface area contributed by atoms with Gasteiger partial charge in [0.1, 0.15) is 4.05 Å². The van der Waals surface area contributed by atoms with Gasteiger partial charge in [-0.2, -0.15) is 0 Å². The number of nitro benzene ring substituents is 1. The number of fused-ring (bicyclic) bond motifs is 1. The summed E-state index contributed by atoms with van der Waals surface area (Å²) in [5, 5.41) is 14.6. The second kappa shape index (κ2) is 5.69. The van der Waals surface area contributed by atoms with Crippen LogP contribution in [0.25, 0.3) is 5.57 Å². The number of allylic oxidation sites excluding steroid dienone is 2. The van der Waals surface area contributed by atoms with Gasteiger partial charge in [0, 0.05) is 24.3 Å². The fraction of sp³-hybridized carbons (Fsp3) is 0.200. The van der Waals surface area contributed by atoms with Gasteiger partial charge in [-0.15, -0.1) is 0 Å². The lowest BCUT2D eigenvalue weighted by Crippen LogP contribution is -2.21. The van der Waals surface area contributed by atoms with Crippen molar-refractivity contribution >= 4 is 49.8 Å². The topological polar surface area (TPSA) is 58.4 Å². The molecule has 0 amide bonds. The molecule has 1 aromatic rings. The Morgan fingerprint density at radius 3 is 2.82 bits per heavy atom. The zero-order valence-electron chi connectivity index (χ0n) is 11.9. The third-order valence-electron chi connectivity index (χ3n) is 3.81. The first-order valence-electron chi connectivity index (χ1n) is 6.62. The van der Waals surface area contributed by atoms with E-state index in [1.165, 1.54) is 0 Å². The van der Waals surface area contributed by atoms with Crippen molar-refractivity contribution in [2.45, 2.75) is 11.0 Å². The SMILES string of the molecule is Cc1ccc(C2=C3C(=CC=C(Br)N3C)NC2I)cc1[N+](=O)[O-]. The van der Waals surface area contributed by atoms with Crippen molar-refractivity contribution in [1.82, 2.24) is 10.2 Å². The molecule has 1 N–H and O–H groups in total. The van der Waals surface area contributed by atoms with Crippen molar-refractivity contribution in [3.05, 3.63) is 67.6 Å². The first-order chi connectivity index (χ1) is 10.4. The van der Waals surface area contributed by atoms with Crippen LogP contribution in [0.3, 0.4) is 0 Å². The van der Waals surface area contributed by atoms with E-state index in [0.717, 1.165) is 27.1 Å². The summed E-state index contributed by atoms with van der Waals surface area (Å²) in [7, 11) is 1.97. The molecule has 22 heavy (non-hydrogen) atoms. The van der Waals surface area contributed by atoms with E-state index in [1.807, 2.05) is 30.2 Å². The minimum atomic E-state index is -0.328. The maximum Gasteiger partial charge on any atom is 0.272 e. The van der Waals surface area contributed by atoms with Gasteiger partial charge >= 0.3 is 0 Å². The maximum absolute atomic E-state index is 11.2. The van der Waals surface area contributed by atoms with Crippen molar-refractivity contribution in [3.63, 3.8) is 0 Å². The number of hydrogen-bond donors (Lipinski definition) is 1. The largest absolute Gasteiger partial charge is 0.368 e. The number of aryl methyl sites for hydroxylation is 1. The zero-order chi connectivity index (χ0) is 16.0. The lowest BCUT2D eigenvalue weighted by Gasteiger charge is -2.25. The Morgan fingerprint density at radius 2 is 2.14 bits per heavy atom. The lowest BCUT2D eigenvalue weighted by atomic mass is 10.0. The van der Waals surface area contributed by atoms with Gasteiger partial charge in [0.05, 0.1) is 20.9 Å². The molecule has 0 bridgehead atoms. The van der Waals surface area contributed by atoms with Crippen molar-refractivity contribution in [2.24, 2.45) is 0 Å². The highest BCUT2D eigenvalue weighted by Gasteiger charge is 2.33. The predicted molar refractivity (Wildman–Crippen MR) is 98.6 cm³/mol. The van der Waals surface area contributed by atoms with Gasteiger partial charge in [-0.05, 0) is 40.6 Å². The fourth-order valence-corrected chi connectivity index (χ4v) is 3.96. The number of alkyl halides is 1. The average Bonchev–Trinajstić information content (AvgIpc) is 2.80. The van der Waals surface area contributed by atoms with E-state index in [2.05, 4.69) is 43.8 Å². The predicted octanol–water partition coefficient (Wildman–Crippen LogP) is 4.04. The Hall–Kier alpha value is -1.35. The number of nitrogens with zero attached hydrogens (tertiary/aromatic N) is 2. The van der Waals surface area contributed by atoms with Gasteiger partial charge in [0.25, 0.3) is 5.69 Å². The Bertz CT molecular complexity index is 770. The minimum Gasteiger partial charge on any atom is -0.368 e. The lowest BCUT2D eigenvalue weighted by molar-refractivity contribution is -0.385. The molecule has 0 aromatic heterocycles. The van der Waals surface area contributed by atoms with Crippen LogP contribution in [0.2, 0.25) is 0 Å². The molecule has 114 valence electrons. The third kappa shape index (κ3) is 2.45. The molecule has 2 aliphatic rings. The molecule has 0 aliphatic carbocycles. The van der Waals surface area contributed by atoms with Crippen LogP contribution in [0.1, 0.15) is 11.1 Å². The Labute approximate surface area is 150 Å². The first kappa shape index (κ1) is 15.5. The molecule has 1 atom stereocenters. The molecular formula is C15H13BrIN3O2. The van der Waals surface area contributed by atoms with Crippen LogP contribution >= 0.6 is 38.5 Å². The van der Waals surface area contributed by atoms with Gasteiger partial charge in [-0.3, -0.25) is 10.1 Å². The number of likely N-dealkylation sites (N-methyl/N-ethyl adjacent to an activating group) is 1. The molecular weight excluding hydrogens is 461 g/mol. The highest BCUT2D eigenvalue weighted by molar-refractivity contribution is 14.1. The Morgan fingerprint density at radius 1 is 1.41 bits per heavy atom. The number of hydrogen-bond acceptors (Lipinski definition) is 4.